The van der Waals surface area contributed by atoms with Crippen LogP contribution in [0.5, 0.6) is 11.5 Å². The van der Waals surface area contributed by atoms with Crippen molar-refractivity contribution in [3.8, 4) is 11.5 Å². The van der Waals surface area contributed by atoms with Crippen molar-refractivity contribution < 1.29 is 9.84 Å². The van der Waals surface area contributed by atoms with E-state index >= 15 is 0 Å². The van der Waals surface area contributed by atoms with Gasteiger partial charge in [-0.2, -0.15) is 0 Å². The van der Waals surface area contributed by atoms with Crippen LogP contribution in [-0.4, -0.2) is 25.3 Å². The summed E-state index contributed by atoms with van der Waals surface area (Å²) < 4.78 is 5.24. The SMILES string of the molecule is COc1cc(C2CCCNC2)c(C)c(C)c1O. The van der Waals surface area contributed by atoms with E-state index in [0.29, 0.717) is 11.7 Å². The fourth-order valence-corrected chi connectivity index (χ4v) is 2.59. The van der Waals surface area contributed by atoms with Gasteiger partial charge in [0.1, 0.15) is 0 Å². The first-order valence-electron chi connectivity index (χ1n) is 6.23. The summed E-state index contributed by atoms with van der Waals surface area (Å²) in [5.74, 6) is 1.41. The lowest BCUT2D eigenvalue weighted by Crippen LogP contribution is -2.28. The number of hydrogen-bond donors (Lipinski definition) is 2. The van der Waals surface area contributed by atoms with Crippen molar-refractivity contribution in [2.75, 3.05) is 20.2 Å². The Morgan fingerprint density at radius 3 is 2.71 bits per heavy atom. The monoisotopic (exact) mass is 235 g/mol. The van der Waals surface area contributed by atoms with Crippen molar-refractivity contribution in [1.29, 1.82) is 0 Å². The molecule has 1 aromatic rings. The summed E-state index contributed by atoms with van der Waals surface area (Å²) in [5, 5.41) is 13.4. The molecule has 1 aromatic carbocycles. The Morgan fingerprint density at radius 1 is 1.35 bits per heavy atom. The minimum Gasteiger partial charge on any atom is -0.504 e. The van der Waals surface area contributed by atoms with Gasteiger partial charge in [0, 0.05) is 6.54 Å². The number of rotatable bonds is 2. The molecule has 1 fully saturated rings. The lowest BCUT2D eigenvalue weighted by atomic mass is 9.86. The normalized spacial score (nSPS) is 20.3. The van der Waals surface area contributed by atoms with Crippen LogP contribution < -0.4 is 10.1 Å². The van der Waals surface area contributed by atoms with Crippen LogP contribution >= 0.6 is 0 Å². The Bertz CT molecular complexity index is 409. The summed E-state index contributed by atoms with van der Waals surface area (Å²) in [4.78, 5) is 0. The molecule has 1 unspecified atom stereocenters. The topological polar surface area (TPSA) is 41.5 Å². The molecule has 3 heteroatoms. The molecular formula is C14H21NO2. The molecule has 0 aliphatic carbocycles. The third-order valence-electron chi connectivity index (χ3n) is 3.83. The summed E-state index contributed by atoms with van der Waals surface area (Å²) in [6, 6.07) is 2.00. The van der Waals surface area contributed by atoms with Crippen LogP contribution in [0.4, 0.5) is 0 Å². The lowest BCUT2D eigenvalue weighted by Gasteiger charge is -2.26. The molecule has 0 saturated carbocycles. The molecule has 17 heavy (non-hydrogen) atoms. The largest absolute Gasteiger partial charge is 0.504 e. The number of aromatic hydroxyl groups is 1. The van der Waals surface area contributed by atoms with Crippen LogP contribution in [0.2, 0.25) is 0 Å². The van der Waals surface area contributed by atoms with Gasteiger partial charge in [-0.1, -0.05) is 0 Å². The summed E-state index contributed by atoms with van der Waals surface area (Å²) in [5.41, 5.74) is 3.44. The van der Waals surface area contributed by atoms with Crippen molar-refractivity contribution in [3.63, 3.8) is 0 Å². The number of methoxy groups -OCH3 is 1. The predicted molar refractivity (Wildman–Crippen MR) is 69.0 cm³/mol. The van der Waals surface area contributed by atoms with Crippen LogP contribution in [0.3, 0.4) is 0 Å². The predicted octanol–water partition coefficient (Wildman–Crippen LogP) is 2.48. The van der Waals surface area contributed by atoms with E-state index in [1.54, 1.807) is 7.11 Å². The average Bonchev–Trinajstić information content (AvgIpc) is 2.37. The maximum atomic E-state index is 9.96. The van der Waals surface area contributed by atoms with Gasteiger partial charge in [0.05, 0.1) is 7.11 Å². The molecule has 0 spiro atoms. The second-order valence-electron chi connectivity index (χ2n) is 4.81. The summed E-state index contributed by atoms with van der Waals surface area (Å²) in [6.07, 6.45) is 2.42. The maximum absolute atomic E-state index is 9.96. The number of phenolic OH excluding ortho intramolecular Hbond substituents is 1. The molecular weight excluding hydrogens is 214 g/mol. The van der Waals surface area contributed by atoms with E-state index in [1.165, 1.54) is 24.0 Å². The number of phenols is 1. The van der Waals surface area contributed by atoms with E-state index in [0.717, 1.165) is 18.7 Å². The van der Waals surface area contributed by atoms with E-state index in [4.69, 9.17) is 4.74 Å². The molecule has 3 nitrogen and oxygen atoms in total. The summed E-state index contributed by atoms with van der Waals surface area (Å²) in [6.45, 7) is 6.17. The van der Waals surface area contributed by atoms with Gasteiger partial charge in [0.2, 0.25) is 0 Å². The van der Waals surface area contributed by atoms with Crippen LogP contribution in [0.15, 0.2) is 6.07 Å². The number of piperidine rings is 1. The second kappa shape index (κ2) is 4.96. The Morgan fingerprint density at radius 2 is 2.12 bits per heavy atom. The zero-order valence-corrected chi connectivity index (χ0v) is 10.8. The fraction of sp³-hybridized carbons (Fsp3) is 0.571. The van der Waals surface area contributed by atoms with Crippen molar-refractivity contribution >= 4 is 0 Å². The van der Waals surface area contributed by atoms with E-state index in [2.05, 4.69) is 12.2 Å². The minimum absolute atomic E-state index is 0.275. The molecule has 1 heterocycles. The van der Waals surface area contributed by atoms with Crippen molar-refractivity contribution in [1.82, 2.24) is 5.32 Å². The van der Waals surface area contributed by atoms with E-state index in [9.17, 15) is 5.11 Å². The number of ether oxygens (including phenoxy) is 1. The zero-order chi connectivity index (χ0) is 12.4. The number of nitrogens with one attached hydrogen (secondary N) is 1. The second-order valence-corrected chi connectivity index (χ2v) is 4.81. The molecule has 2 rings (SSSR count). The van der Waals surface area contributed by atoms with Crippen molar-refractivity contribution in [3.05, 3.63) is 22.8 Å². The summed E-state index contributed by atoms with van der Waals surface area (Å²) >= 11 is 0. The van der Waals surface area contributed by atoms with Crippen LogP contribution in [0.25, 0.3) is 0 Å². The Kier molecular flexibility index (Phi) is 3.57. The third-order valence-corrected chi connectivity index (χ3v) is 3.83. The van der Waals surface area contributed by atoms with Gasteiger partial charge in [-0.15, -0.1) is 0 Å². The van der Waals surface area contributed by atoms with Gasteiger partial charge < -0.3 is 15.2 Å². The van der Waals surface area contributed by atoms with E-state index in [1.807, 2.05) is 13.0 Å². The van der Waals surface area contributed by atoms with Crippen molar-refractivity contribution in [2.24, 2.45) is 0 Å². The van der Waals surface area contributed by atoms with Gasteiger partial charge in [-0.25, -0.2) is 0 Å². The first-order chi connectivity index (χ1) is 8.15. The smallest absolute Gasteiger partial charge is 0.161 e. The lowest BCUT2D eigenvalue weighted by molar-refractivity contribution is 0.369. The maximum Gasteiger partial charge on any atom is 0.161 e. The van der Waals surface area contributed by atoms with Crippen LogP contribution in [0, 0.1) is 13.8 Å². The molecule has 0 radical (unpaired) electrons. The highest BCUT2D eigenvalue weighted by atomic mass is 16.5. The standard InChI is InChI=1S/C14H21NO2/c1-9-10(2)14(16)13(17-3)7-12(9)11-5-4-6-15-8-11/h7,11,15-16H,4-6,8H2,1-3H3. The quantitative estimate of drug-likeness (QED) is 0.827. The molecule has 0 amide bonds. The minimum atomic E-state index is 0.275. The fourth-order valence-electron chi connectivity index (χ4n) is 2.59. The van der Waals surface area contributed by atoms with Gasteiger partial charge in [-0.05, 0) is 61.9 Å². The first-order valence-corrected chi connectivity index (χ1v) is 6.23. The highest BCUT2D eigenvalue weighted by Gasteiger charge is 2.21. The van der Waals surface area contributed by atoms with Gasteiger partial charge in [0.15, 0.2) is 11.5 Å². The molecule has 0 aromatic heterocycles. The molecule has 1 atom stereocenters. The molecule has 0 bridgehead atoms. The average molecular weight is 235 g/mol. The Labute approximate surface area is 103 Å². The van der Waals surface area contributed by atoms with Gasteiger partial charge in [-0.3, -0.25) is 0 Å². The van der Waals surface area contributed by atoms with Crippen LogP contribution in [-0.2, 0) is 0 Å². The highest BCUT2D eigenvalue weighted by molar-refractivity contribution is 5.53. The molecule has 1 aliphatic heterocycles. The number of benzene rings is 1. The highest BCUT2D eigenvalue weighted by Crippen LogP contribution is 2.38. The Balaban J connectivity index is 2.42. The zero-order valence-electron chi connectivity index (χ0n) is 10.8. The molecule has 2 N–H and O–H groups in total. The molecule has 1 saturated heterocycles. The summed E-state index contributed by atoms with van der Waals surface area (Å²) in [7, 11) is 1.60. The van der Waals surface area contributed by atoms with Crippen LogP contribution in [0.1, 0.15) is 35.4 Å². The van der Waals surface area contributed by atoms with Crippen molar-refractivity contribution in [2.45, 2.75) is 32.6 Å². The van der Waals surface area contributed by atoms with E-state index < -0.39 is 0 Å². The van der Waals surface area contributed by atoms with E-state index in [-0.39, 0.29) is 5.75 Å². The van der Waals surface area contributed by atoms with Gasteiger partial charge >= 0.3 is 0 Å². The third kappa shape index (κ3) is 2.25. The van der Waals surface area contributed by atoms with Gasteiger partial charge in [0.25, 0.3) is 0 Å². The molecule has 94 valence electrons. The first kappa shape index (κ1) is 12.2. The molecule has 1 aliphatic rings. The Hall–Kier alpha value is -1.22. The number of hydrogen-bond acceptors (Lipinski definition) is 3.